The normalized spacial score (nSPS) is 18.0. The molecular formula is C18H22. The van der Waals surface area contributed by atoms with E-state index in [1.165, 1.54) is 5.57 Å². The highest BCUT2D eigenvalue weighted by molar-refractivity contribution is 5.34. The first kappa shape index (κ1) is 14.2. The largest absolute Gasteiger partial charge is 0.102 e. The van der Waals surface area contributed by atoms with Crippen molar-refractivity contribution in [2.24, 2.45) is 11.8 Å². The summed E-state index contributed by atoms with van der Waals surface area (Å²) in [6, 6.07) is 0. The topological polar surface area (TPSA) is 0 Å². The summed E-state index contributed by atoms with van der Waals surface area (Å²) in [5.74, 6) is 0.591. The molecule has 1 aliphatic carbocycles. The van der Waals surface area contributed by atoms with Crippen molar-refractivity contribution in [2.45, 2.75) is 13.8 Å². The molecule has 0 N–H and O–H groups in total. The quantitative estimate of drug-likeness (QED) is 0.458. The smallest absolute Gasteiger partial charge is 0.0201 e. The maximum absolute atomic E-state index is 3.98. The molecule has 94 valence electrons. The minimum Gasteiger partial charge on any atom is -0.102 e. The third kappa shape index (κ3) is 4.21. The summed E-state index contributed by atoms with van der Waals surface area (Å²) < 4.78 is 0. The van der Waals surface area contributed by atoms with E-state index < -0.39 is 0 Å². The van der Waals surface area contributed by atoms with Crippen LogP contribution in [0.25, 0.3) is 0 Å². The molecule has 0 spiro atoms. The average molecular weight is 238 g/mol. The Morgan fingerprint density at radius 3 is 2.22 bits per heavy atom. The monoisotopic (exact) mass is 238 g/mol. The summed E-state index contributed by atoms with van der Waals surface area (Å²) in [6.07, 6.45) is 21.1. The van der Waals surface area contributed by atoms with Crippen molar-refractivity contribution in [2.75, 3.05) is 0 Å². The minimum atomic E-state index is 0.247. The highest BCUT2D eigenvalue weighted by Crippen LogP contribution is 2.20. The number of hydrogen-bond acceptors (Lipinski definition) is 0. The zero-order valence-corrected chi connectivity index (χ0v) is 11.3. The second-order valence-corrected chi connectivity index (χ2v) is 4.44. The summed E-state index contributed by atoms with van der Waals surface area (Å²) in [7, 11) is 0. The van der Waals surface area contributed by atoms with Crippen LogP contribution in [0.2, 0.25) is 0 Å². The molecule has 0 fully saturated rings. The first-order valence-electron chi connectivity index (χ1n) is 6.33. The van der Waals surface area contributed by atoms with Gasteiger partial charge in [-0.2, -0.15) is 0 Å². The van der Waals surface area contributed by atoms with E-state index in [0.717, 1.165) is 5.57 Å². The fourth-order valence-electron chi connectivity index (χ4n) is 1.84. The van der Waals surface area contributed by atoms with Crippen LogP contribution in [0.3, 0.4) is 0 Å². The van der Waals surface area contributed by atoms with Crippen LogP contribution in [-0.2, 0) is 0 Å². The van der Waals surface area contributed by atoms with E-state index in [-0.39, 0.29) is 5.92 Å². The van der Waals surface area contributed by atoms with Crippen molar-refractivity contribution in [3.05, 3.63) is 85.1 Å². The first-order chi connectivity index (χ1) is 8.69. The fraction of sp³-hybridized carbons (Fsp3) is 0.222. The van der Waals surface area contributed by atoms with Crippen molar-refractivity contribution < 1.29 is 0 Å². The SMILES string of the molecule is C=CC(C=CC(=CC)C1C=CC=CC=C1)C(=C)C. The molecule has 0 nitrogen and oxygen atoms in total. The first-order valence-corrected chi connectivity index (χ1v) is 6.33. The zero-order valence-electron chi connectivity index (χ0n) is 11.3. The molecule has 0 heterocycles. The lowest BCUT2D eigenvalue weighted by molar-refractivity contribution is 0.955. The summed E-state index contributed by atoms with van der Waals surface area (Å²) in [5.41, 5.74) is 2.41. The van der Waals surface area contributed by atoms with E-state index in [1.54, 1.807) is 0 Å². The lowest BCUT2D eigenvalue weighted by atomic mass is 9.94. The van der Waals surface area contributed by atoms with Gasteiger partial charge in [-0.3, -0.25) is 0 Å². The summed E-state index contributed by atoms with van der Waals surface area (Å²) in [6.45, 7) is 11.9. The van der Waals surface area contributed by atoms with Crippen molar-refractivity contribution in [1.29, 1.82) is 0 Å². The van der Waals surface area contributed by atoms with Gasteiger partial charge in [0.1, 0.15) is 0 Å². The van der Waals surface area contributed by atoms with Gasteiger partial charge in [-0.05, 0) is 19.4 Å². The Bertz CT molecular complexity index is 423. The molecule has 0 aromatic heterocycles. The molecule has 0 aromatic carbocycles. The van der Waals surface area contributed by atoms with Crippen LogP contribution in [0.1, 0.15) is 13.8 Å². The molecule has 1 atom stereocenters. The van der Waals surface area contributed by atoms with Gasteiger partial charge in [0, 0.05) is 11.8 Å². The molecule has 0 aromatic rings. The molecule has 1 rings (SSSR count). The van der Waals surface area contributed by atoms with Gasteiger partial charge in [0.05, 0.1) is 0 Å². The predicted octanol–water partition coefficient (Wildman–Crippen LogP) is 5.17. The highest BCUT2D eigenvalue weighted by atomic mass is 14.1. The van der Waals surface area contributed by atoms with Crippen LogP contribution in [-0.4, -0.2) is 0 Å². The molecule has 0 amide bonds. The van der Waals surface area contributed by atoms with Gasteiger partial charge in [-0.15, -0.1) is 6.58 Å². The molecular weight excluding hydrogens is 216 g/mol. The van der Waals surface area contributed by atoms with Crippen molar-refractivity contribution in [1.82, 2.24) is 0 Å². The van der Waals surface area contributed by atoms with Gasteiger partial charge in [-0.25, -0.2) is 0 Å². The second-order valence-electron chi connectivity index (χ2n) is 4.44. The molecule has 0 saturated heterocycles. The molecule has 18 heavy (non-hydrogen) atoms. The fourth-order valence-corrected chi connectivity index (χ4v) is 1.84. The Balaban J connectivity index is 2.82. The van der Waals surface area contributed by atoms with Crippen LogP contribution in [0.15, 0.2) is 85.1 Å². The Morgan fingerprint density at radius 1 is 1.17 bits per heavy atom. The summed E-state index contributed by atoms with van der Waals surface area (Å²) in [5, 5.41) is 0. The lowest BCUT2D eigenvalue weighted by Crippen LogP contribution is -1.97. The Labute approximate surface area is 111 Å². The molecule has 1 aliphatic rings. The van der Waals surface area contributed by atoms with Gasteiger partial charge in [0.15, 0.2) is 0 Å². The molecule has 0 radical (unpaired) electrons. The van der Waals surface area contributed by atoms with Gasteiger partial charge < -0.3 is 0 Å². The van der Waals surface area contributed by atoms with E-state index in [1.807, 2.05) is 25.2 Å². The van der Waals surface area contributed by atoms with E-state index in [0.29, 0.717) is 5.92 Å². The zero-order chi connectivity index (χ0) is 13.4. The standard InChI is InChI=1S/C18H22/c1-5-16(15(3)4)13-14-17(6-2)18-11-9-7-8-10-12-18/h5-14,16,18H,1,3H2,2,4H3. The Morgan fingerprint density at radius 2 is 1.78 bits per heavy atom. The number of rotatable bonds is 5. The Hall–Kier alpha value is -1.82. The molecule has 0 aliphatic heterocycles. The van der Waals surface area contributed by atoms with Crippen molar-refractivity contribution >= 4 is 0 Å². The van der Waals surface area contributed by atoms with Crippen molar-refractivity contribution in [3.63, 3.8) is 0 Å². The van der Waals surface area contributed by atoms with E-state index in [9.17, 15) is 0 Å². The molecule has 0 bridgehead atoms. The Kier molecular flexibility index (Phi) is 5.93. The van der Waals surface area contributed by atoms with E-state index in [2.05, 4.69) is 62.6 Å². The van der Waals surface area contributed by atoms with Crippen molar-refractivity contribution in [3.8, 4) is 0 Å². The molecule has 0 heteroatoms. The van der Waals surface area contributed by atoms with Gasteiger partial charge in [-0.1, -0.05) is 72.9 Å². The second kappa shape index (κ2) is 7.50. The van der Waals surface area contributed by atoms with E-state index in [4.69, 9.17) is 0 Å². The third-order valence-corrected chi connectivity index (χ3v) is 3.01. The number of allylic oxidation sites excluding steroid dienone is 12. The van der Waals surface area contributed by atoms with Crippen LogP contribution in [0, 0.1) is 11.8 Å². The highest BCUT2D eigenvalue weighted by Gasteiger charge is 2.06. The average Bonchev–Trinajstić information content (AvgIpc) is 2.63. The number of hydrogen-bond donors (Lipinski definition) is 0. The predicted molar refractivity (Wildman–Crippen MR) is 82.3 cm³/mol. The molecule has 1 unspecified atom stereocenters. The lowest BCUT2D eigenvalue weighted by Gasteiger charge is -2.11. The maximum atomic E-state index is 3.98. The van der Waals surface area contributed by atoms with Crippen LogP contribution < -0.4 is 0 Å². The van der Waals surface area contributed by atoms with Gasteiger partial charge >= 0.3 is 0 Å². The third-order valence-electron chi connectivity index (χ3n) is 3.01. The maximum Gasteiger partial charge on any atom is 0.0201 e. The minimum absolute atomic E-state index is 0.247. The van der Waals surface area contributed by atoms with E-state index >= 15 is 0 Å². The molecule has 0 saturated carbocycles. The van der Waals surface area contributed by atoms with Crippen LogP contribution in [0.4, 0.5) is 0 Å². The van der Waals surface area contributed by atoms with Gasteiger partial charge in [0.2, 0.25) is 0 Å². The van der Waals surface area contributed by atoms with Crippen LogP contribution in [0.5, 0.6) is 0 Å². The van der Waals surface area contributed by atoms with Gasteiger partial charge in [0.25, 0.3) is 0 Å². The summed E-state index contributed by atoms with van der Waals surface area (Å²) >= 11 is 0. The van der Waals surface area contributed by atoms with Crippen LogP contribution >= 0.6 is 0 Å². The summed E-state index contributed by atoms with van der Waals surface area (Å²) in [4.78, 5) is 0.